The summed E-state index contributed by atoms with van der Waals surface area (Å²) in [6, 6.07) is 28.4. The average molecular weight is 501 g/mol. The van der Waals surface area contributed by atoms with E-state index in [1.54, 1.807) is 84.9 Å². The SMILES string of the molecule is CC(CCC(Oc1ccc(N)cc1)(Oc1cccc(N)c1)Oc1cccc(N)c1)Oc1ccc(N)cc1. The lowest BCUT2D eigenvalue weighted by molar-refractivity contribution is -0.258. The average Bonchev–Trinajstić information content (AvgIpc) is 2.86. The Morgan fingerprint density at radius 3 is 1.51 bits per heavy atom. The summed E-state index contributed by atoms with van der Waals surface area (Å²) in [6.07, 6.45) is 0.605. The molecular weight excluding hydrogens is 468 g/mol. The number of benzene rings is 4. The van der Waals surface area contributed by atoms with Gasteiger partial charge >= 0.3 is 5.97 Å². The minimum Gasteiger partial charge on any atom is -0.491 e. The van der Waals surface area contributed by atoms with Crippen LogP contribution in [0.5, 0.6) is 23.0 Å². The fourth-order valence-corrected chi connectivity index (χ4v) is 3.66. The number of hydrogen-bond donors (Lipinski definition) is 4. The van der Waals surface area contributed by atoms with Crippen molar-refractivity contribution in [2.75, 3.05) is 22.9 Å². The maximum Gasteiger partial charge on any atom is 0.417 e. The molecule has 8 nitrogen and oxygen atoms in total. The van der Waals surface area contributed by atoms with E-state index in [1.165, 1.54) is 0 Å². The Hall–Kier alpha value is -4.72. The molecular formula is C29H32N4O4. The van der Waals surface area contributed by atoms with Crippen LogP contribution in [-0.2, 0) is 0 Å². The second-order valence-corrected chi connectivity index (χ2v) is 8.74. The Kier molecular flexibility index (Phi) is 7.78. The van der Waals surface area contributed by atoms with Crippen molar-refractivity contribution in [1.29, 1.82) is 0 Å². The van der Waals surface area contributed by atoms with E-state index in [9.17, 15) is 0 Å². The Bertz CT molecular complexity index is 1250. The quantitative estimate of drug-likeness (QED) is 0.157. The first-order valence-corrected chi connectivity index (χ1v) is 11.9. The van der Waals surface area contributed by atoms with Gasteiger partial charge in [-0.1, -0.05) is 12.1 Å². The van der Waals surface area contributed by atoms with Crippen molar-refractivity contribution in [3.63, 3.8) is 0 Å². The van der Waals surface area contributed by atoms with E-state index in [-0.39, 0.29) is 12.5 Å². The van der Waals surface area contributed by atoms with Crippen LogP contribution in [0.15, 0.2) is 97.1 Å². The summed E-state index contributed by atoms with van der Waals surface area (Å²) < 4.78 is 25.3. The molecule has 0 aliphatic carbocycles. The summed E-state index contributed by atoms with van der Waals surface area (Å²) >= 11 is 0. The van der Waals surface area contributed by atoms with Gasteiger partial charge in [-0.2, -0.15) is 0 Å². The lowest BCUT2D eigenvalue weighted by Gasteiger charge is -2.35. The molecule has 1 atom stereocenters. The first kappa shape index (κ1) is 25.4. The number of rotatable bonds is 11. The van der Waals surface area contributed by atoms with Gasteiger partial charge in [0, 0.05) is 34.9 Å². The van der Waals surface area contributed by atoms with Crippen molar-refractivity contribution in [3.8, 4) is 23.0 Å². The van der Waals surface area contributed by atoms with Crippen molar-refractivity contribution in [3.05, 3.63) is 97.1 Å². The van der Waals surface area contributed by atoms with Crippen molar-refractivity contribution >= 4 is 22.7 Å². The van der Waals surface area contributed by atoms with Gasteiger partial charge in [-0.15, -0.1) is 0 Å². The molecule has 0 radical (unpaired) electrons. The van der Waals surface area contributed by atoms with Gasteiger partial charge in [0.15, 0.2) is 0 Å². The van der Waals surface area contributed by atoms with Gasteiger partial charge in [-0.3, -0.25) is 0 Å². The predicted molar refractivity (Wildman–Crippen MR) is 147 cm³/mol. The van der Waals surface area contributed by atoms with Gasteiger partial charge in [-0.05, 0) is 86.1 Å². The molecule has 4 aromatic rings. The van der Waals surface area contributed by atoms with Crippen LogP contribution in [0.2, 0.25) is 0 Å². The summed E-state index contributed by atoms with van der Waals surface area (Å²) in [7, 11) is 0. The molecule has 4 aromatic carbocycles. The molecule has 0 heterocycles. The van der Waals surface area contributed by atoms with Crippen LogP contribution in [0.3, 0.4) is 0 Å². The molecule has 0 bridgehead atoms. The van der Waals surface area contributed by atoms with Gasteiger partial charge in [0.1, 0.15) is 23.0 Å². The van der Waals surface area contributed by atoms with Crippen molar-refractivity contribution in [1.82, 2.24) is 0 Å². The van der Waals surface area contributed by atoms with Crippen LogP contribution in [0, 0.1) is 0 Å². The van der Waals surface area contributed by atoms with Gasteiger partial charge in [0.25, 0.3) is 0 Å². The molecule has 0 amide bonds. The molecule has 192 valence electrons. The number of hydrogen-bond acceptors (Lipinski definition) is 8. The standard InChI is InChI=1S/C29H32N4O4/c1-20(34-25-12-8-21(30)9-13-25)16-17-29(35-26-14-10-22(31)11-15-26,36-27-6-2-4-23(32)18-27)37-28-7-3-5-24(33)19-28/h2-15,18-20H,16-17,30-33H2,1H3. The van der Waals surface area contributed by atoms with E-state index in [2.05, 4.69) is 0 Å². The zero-order valence-electron chi connectivity index (χ0n) is 20.7. The summed E-state index contributed by atoms with van der Waals surface area (Å²) in [6.45, 7) is 1.96. The van der Waals surface area contributed by atoms with Crippen LogP contribution in [0.4, 0.5) is 22.7 Å². The highest BCUT2D eigenvalue weighted by atomic mass is 16.9. The Morgan fingerprint density at radius 1 is 0.568 bits per heavy atom. The van der Waals surface area contributed by atoms with E-state index in [0.29, 0.717) is 52.2 Å². The molecule has 4 rings (SSSR count). The molecule has 8 heteroatoms. The fourth-order valence-electron chi connectivity index (χ4n) is 3.66. The monoisotopic (exact) mass is 500 g/mol. The first-order valence-electron chi connectivity index (χ1n) is 11.9. The molecule has 0 fully saturated rings. The molecule has 0 spiro atoms. The van der Waals surface area contributed by atoms with Crippen molar-refractivity contribution < 1.29 is 18.9 Å². The Labute approximate surface area is 216 Å². The van der Waals surface area contributed by atoms with E-state index in [0.717, 1.165) is 0 Å². The molecule has 8 N–H and O–H groups in total. The van der Waals surface area contributed by atoms with Crippen molar-refractivity contribution in [2.24, 2.45) is 0 Å². The highest BCUT2D eigenvalue weighted by Crippen LogP contribution is 2.33. The zero-order chi connectivity index (χ0) is 26.3. The minimum absolute atomic E-state index is 0.202. The predicted octanol–water partition coefficient (Wildman–Crippen LogP) is 5.45. The van der Waals surface area contributed by atoms with Crippen LogP contribution < -0.4 is 41.9 Å². The molecule has 37 heavy (non-hydrogen) atoms. The van der Waals surface area contributed by atoms with Crippen LogP contribution in [0.1, 0.15) is 19.8 Å². The molecule has 1 unspecified atom stereocenters. The van der Waals surface area contributed by atoms with Gasteiger partial charge < -0.3 is 41.9 Å². The summed E-state index contributed by atoms with van der Waals surface area (Å²) in [5.41, 5.74) is 26.1. The Morgan fingerprint density at radius 2 is 1.03 bits per heavy atom. The van der Waals surface area contributed by atoms with E-state index in [1.807, 2.05) is 19.1 Å². The minimum atomic E-state index is -1.59. The fraction of sp³-hybridized carbons (Fsp3) is 0.172. The van der Waals surface area contributed by atoms with Crippen LogP contribution in [-0.4, -0.2) is 12.1 Å². The lowest BCUT2D eigenvalue weighted by atomic mass is 10.1. The number of nitrogen functional groups attached to an aromatic ring is 4. The van der Waals surface area contributed by atoms with Gasteiger partial charge in [0.05, 0.1) is 12.5 Å². The molecule has 0 aliphatic heterocycles. The smallest absolute Gasteiger partial charge is 0.417 e. The molecule has 0 aromatic heterocycles. The maximum atomic E-state index is 6.41. The zero-order valence-corrected chi connectivity index (χ0v) is 20.7. The molecule has 0 aliphatic rings. The van der Waals surface area contributed by atoms with E-state index in [4.69, 9.17) is 41.9 Å². The van der Waals surface area contributed by atoms with E-state index < -0.39 is 5.97 Å². The number of anilines is 4. The topological polar surface area (TPSA) is 141 Å². The highest BCUT2D eigenvalue weighted by molar-refractivity contribution is 5.46. The van der Waals surface area contributed by atoms with E-state index >= 15 is 0 Å². The molecule has 0 saturated carbocycles. The van der Waals surface area contributed by atoms with Gasteiger partial charge in [0.2, 0.25) is 0 Å². The highest BCUT2D eigenvalue weighted by Gasteiger charge is 2.39. The second-order valence-electron chi connectivity index (χ2n) is 8.74. The number of nitrogens with two attached hydrogens (primary N) is 4. The first-order chi connectivity index (χ1) is 17.8. The third-order valence-electron chi connectivity index (χ3n) is 5.49. The largest absolute Gasteiger partial charge is 0.491 e. The number of ether oxygens (including phenoxy) is 4. The third kappa shape index (κ3) is 7.38. The van der Waals surface area contributed by atoms with Crippen LogP contribution >= 0.6 is 0 Å². The Balaban J connectivity index is 1.65. The summed E-state index contributed by atoms with van der Waals surface area (Å²) in [4.78, 5) is 0. The lowest BCUT2D eigenvalue weighted by Crippen LogP contribution is -2.49. The second kappa shape index (κ2) is 11.3. The van der Waals surface area contributed by atoms with Crippen LogP contribution in [0.25, 0.3) is 0 Å². The van der Waals surface area contributed by atoms with Gasteiger partial charge in [-0.25, -0.2) is 0 Å². The summed E-state index contributed by atoms with van der Waals surface area (Å²) in [5.74, 6) is 0.587. The third-order valence-corrected chi connectivity index (χ3v) is 5.49. The maximum absolute atomic E-state index is 6.41. The normalized spacial score (nSPS) is 11.9. The molecule has 0 saturated heterocycles. The summed E-state index contributed by atoms with van der Waals surface area (Å²) in [5, 5.41) is 0. The van der Waals surface area contributed by atoms with Crippen molar-refractivity contribution in [2.45, 2.75) is 31.8 Å².